The third-order valence-electron chi connectivity index (χ3n) is 9.37. The fraction of sp³-hybridized carbons (Fsp3) is 0.870. The summed E-state index contributed by atoms with van der Waals surface area (Å²) in [4.78, 5) is 12.5. The van der Waals surface area contributed by atoms with Crippen molar-refractivity contribution in [2.24, 2.45) is 28.6 Å². The number of ketones is 1. The number of ether oxygens (including phenoxy) is 1. The summed E-state index contributed by atoms with van der Waals surface area (Å²) in [6, 6.07) is 0. The van der Waals surface area contributed by atoms with Crippen LogP contribution in [0.4, 0.5) is 0 Å². The number of carbonyl (C=O) groups is 1. The monoisotopic (exact) mass is 376 g/mol. The molecule has 0 spiro atoms. The topological polar surface area (TPSA) is 66.8 Å². The summed E-state index contributed by atoms with van der Waals surface area (Å²) in [6.07, 6.45) is 11.8. The highest BCUT2D eigenvalue weighted by Crippen LogP contribution is 2.68. The number of rotatable bonds is 4. The zero-order chi connectivity index (χ0) is 19.4. The van der Waals surface area contributed by atoms with E-state index in [1.807, 2.05) is 0 Å². The van der Waals surface area contributed by atoms with Crippen LogP contribution in [0.2, 0.25) is 0 Å². The van der Waals surface area contributed by atoms with Crippen LogP contribution in [0.15, 0.2) is 11.6 Å². The van der Waals surface area contributed by atoms with Gasteiger partial charge in [-0.3, -0.25) is 4.79 Å². The number of hydrogen-bond donors (Lipinski definition) is 2. The Kier molecular flexibility index (Phi) is 4.84. The largest absolute Gasteiger partial charge is 0.388 e. The quantitative estimate of drug-likeness (QED) is 0.735. The zero-order valence-corrected chi connectivity index (χ0v) is 17.2. The molecule has 0 amide bonds. The first-order valence-corrected chi connectivity index (χ1v) is 11.0. The molecule has 0 radical (unpaired) electrons. The molecular formula is C23H36O4. The van der Waals surface area contributed by atoms with Crippen LogP contribution in [0, 0.1) is 28.6 Å². The lowest BCUT2D eigenvalue weighted by Gasteiger charge is -2.62. The van der Waals surface area contributed by atoms with Gasteiger partial charge in [0.05, 0.1) is 6.10 Å². The highest BCUT2D eigenvalue weighted by Gasteiger charge is 2.68. The molecular weight excluding hydrogens is 340 g/mol. The lowest BCUT2D eigenvalue weighted by atomic mass is 9.44. The Balaban J connectivity index is 1.78. The van der Waals surface area contributed by atoms with E-state index in [0.717, 1.165) is 25.7 Å². The van der Waals surface area contributed by atoms with Gasteiger partial charge in [-0.2, -0.15) is 0 Å². The van der Waals surface area contributed by atoms with Gasteiger partial charge in [0.1, 0.15) is 12.2 Å². The van der Waals surface area contributed by atoms with Crippen molar-refractivity contribution in [3.63, 3.8) is 0 Å². The zero-order valence-electron chi connectivity index (χ0n) is 17.2. The Morgan fingerprint density at radius 3 is 2.78 bits per heavy atom. The molecule has 4 aliphatic rings. The van der Waals surface area contributed by atoms with Crippen molar-refractivity contribution in [3.8, 4) is 0 Å². The van der Waals surface area contributed by atoms with E-state index < -0.39 is 23.4 Å². The lowest BCUT2D eigenvalue weighted by molar-refractivity contribution is -0.188. The van der Waals surface area contributed by atoms with Crippen LogP contribution in [0.5, 0.6) is 0 Å². The minimum absolute atomic E-state index is 0.0640. The molecule has 4 aliphatic carbocycles. The third kappa shape index (κ3) is 2.42. The van der Waals surface area contributed by atoms with Crippen molar-refractivity contribution < 1.29 is 19.7 Å². The number of aliphatic hydroxyl groups is 2. The third-order valence-corrected chi connectivity index (χ3v) is 9.37. The molecule has 152 valence electrons. The number of fused-ring (bicyclic) bond motifs is 5. The van der Waals surface area contributed by atoms with E-state index in [1.165, 1.54) is 19.3 Å². The van der Waals surface area contributed by atoms with Gasteiger partial charge >= 0.3 is 0 Å². The molecule has 3 saturated carbocycles. The number of hydrogen-bond acceptors (Lipinski definition) is 4. The fourth-order valence-electron chi connectivity index (χ4n) is 8.07. The molecule has 4 heteroatoms. The molecule has 4 rings (SSSR count). The molecule has 0 aliphatic heterocycles. The summed E-state index contributed by atoms with van der Waals surface area (Å²) in [6.45, 7) is 3.85. The molecule has 0 aromatic carbocycles. The molecule has 0 heterocycles. The second kappa shape index (κ2) is 6.67. The predicted octanol–water partition coefficient (Wildman–Crippen LogP) is 3.65. The Labute approximate surface area is 163 Å². The van der Waals surface area contributed by atoms with Gasteiger partial charge < -0.3 is 14.9 Å². The number of aliphatic hydroxyl groups excluding tert-OH is 1. The van der Waals surface area contributed by atoms with Crippen LogP contribution >= 0.6 is 0 Å². The summed E-state index contributed by atoms with van der Waals surface area (Å²) >= 11 is 0. The SMILES string of the molecule is CCC12CCCC=C1CCC1C2C(OC)CC2(C)C1CCC2(O)C(=O)CO. The van der Waals surface area contributed by atoms with Gasteiger partial charge in [-0.05, 0) is 81.0 Å². The summed E-state index contributed by atoms with van der Waals surface area (Å²) in [5.74, 6) is 0.906. The van der Waals surface area contributed by atoms with Crippen molar-refractivity contribution in [1.82, 2.24) is 0 Å². The maximum Gasteiger partial charge on any atom is 0.190 e. The van der Waals surface area contributed by atoms with Crippen molar-refractivity contribution >= 4 is 5.78 Å². The Bertz CT molecular complexity index is 642. The van der Waals surface area contributed by atoms with E-state index in [2.05, 4.69) is 19.9 Å². The molecule has 2 N–H and O–H groups in total. The Morgan fingerprint density at radius 1 is 1.33 bits per heavy atom. The first kappa shape index (κ1) is 19.6. The van der Waals surface area contributed by atoms with E-state index in [4.69, 9.17) is 4.74 Å². The van der Waals surface area contributed by atoms with Crippen LogP contribution in [-0.4, -0.2) is 41.4 Å². The summed E-state index contributed by atoms with van der Waals surface area (Å²) in [5, 5.41) is 20.9. The van der Waals surface area contributed by atoms with Gasteiger partial charge in [0, 0.05) is 12.5 Å². The molecule has 3 fully saturated rings. The molecule has 27 heavy (non-hydrogen) atoms. The average molecular weight is 377 g/mol. The van der Waals surface area contributed by atoms with Crippen LogP contribution in [-0.2, 0) is 9.53 Å². The van der Waals surface area contributed by atoms with E-state index >= 15 is 0 Å². The Hall–Kier alpha value is -0.710. The highest BCUT2D eigenvalue weighted by molar-refractivity contribution is 5.89. The van der Waals surface area contributed by atoms with Crippen LogP contribution in [0.1, 0.15) is 71.6 Å². The molecule has 7 atom stereocenters. The highest BCUT2D eigenvalue weighted by atomic mass is 16.5. The van der Waals surface area contributed by atoms with Gasteiger partial charge in [0.15, 0.2) is 5.78 Å². The van der Waals surface area contributed by atoms with E-state index in [-0.39, 0.29) is 11.5 Å². The summed E-state index contributed by atoms with van der Waals surface area (Å²) < 4.78 is 6.10. The first-order chi connectivity index (χ1) is 12.9. The standard InChI is InChI=1S/C23H36O4/c1-4-22-11-6-5-7-15(22)8-9-16-17-10-12-23(26,19(25)14-24)21(17,2)13-18(27-3)20(16)22/h7,16-18,20,24,26H,4-6,8-14H2,1-3H3. The number of methoxy groups -OCH3 is 1. The van der Waals surface area contributed by atoms with Crippen molar-refractivity contribution in [1.29, 1.82) is 0 Å². The summed E-state index contributed by atoms with van der Waals surface area (Å²) in [5.41, 5.74) is -0.0107. The van der Waals surface area contributed by atoms with E-state index in [1.54, 1.807) is 12.7 Å². The van der Waals surface area contributed by atoms with E-state index in [0.29, 0.717) is 30.6 Å². The molecule has 0 saturated heterocycles. The smallest absolute Gasteiger partial charge is 0.190 e. The maximum atomic E-state index is 12.5. The van der Waals surface area contributed by atoms with Crippen molar-refractivity contribution in [2.45, 2.75) is 83.3 Å². The van der Waals surface area contributed by atoms with Crippen LogP contribution < -0.4 is 0 Å². The Morgan fingerprint density at radius 2 is 2.11 bits per heavy atom. The number of Topliss-reactive ketones (excluding diaryl/α,β-unsaturated/α-hetero) is 1. The second-order valence-corrected chi connectivity index (χ2v) is 9.84. The van der Waals surface area contributed by atoms with Gasteiger partial charge in [0.2, 0.25) is 0 Å². The lowest BCUT2D eigenvalue weighted by Crippen LogP contribution is -2.62. The summed E-state index contributed by atoms with van der Waals surface area (Å²) in [7, 11) is 1.80. The minimum Gasteiger partial charge on any atom is -0.388 e. The number of allylic oxidation sites excluding steroid dienone is 2. The van der Waals surface area contributed by atoms with Gasteiger partial charge in [-0.25, -0.2) is 0 Å². The molecule has 0 bridgehead atoms. The second-order valence-electron chi connectivity index (χ2n) is 9.84. The predicted molar refractivity (Wildman–Crippen MR) is 104 cm³/mol. The number of carbonyl (C=O) groups excluding carboxylic acids is 1. The van der Waals surface area contributed by atoms with Crippen LogP contribution in [0.25, 0.3) is 0 Å². The normalized spacial score (nSPS) is 49.0. The molecule has 7 unspecified atom stereocenters. The van der Waals surface area contributed by atoms with Crippen LogP contribution in [0.3, 0.4) is 0 Å². The van der Waals surface area contributed by atoms with Gasteiger partial charge in [0.25, 0.3) is 0 Å². The van der Waals surface area contributed by atoms with Gasteiger partial charge in [-0.1, -0.05) is 25.5 Å². The minimum atomic E-state index is -1.41. The maximum absolute atomic E-state index is 12.5. The fourth-order valence-corrected chi connectivity index (χ4v) is 8.07. The first-order valence-electron chi connectivity index (χ1n) is 11.0. The van der Waals surface area contributed by atoms with Crippen molar-refractivity contribution in [3.05, 3.63) is 11.6 Å². The van der Waals surface area contributed by atoms with Crippen molar-refractivity contribution in [2.75, 3.05) is 13.7 Å². The van der Waals surface area contributed by atoms with E-state index in [9.17, 15) is 15.0 Å². The average Bonchev–Trinajstić information content (AvgIpc) is 2.97. The van der Waals surface area contributed by atoms with Gasteiger partial charge in [-0.15, -0.1) is 0 Å². The molecule has 4 nitrogen and oxygen atoms in total. The molecule has 0 aromatic rings. The molecule has 0 aromatic heterocycles.